The number of hydrogen-bond donors (Lipinski definition) is 1. The van der Waals surface area contributed by atoms with Gasteiger partial charge in [-0.1, -0.05) is 30.3 Å². The number of nitrogens with zero attached hydrogens (tertiary/aromatic N) is 3. The zero-order valence-corrected chi connectivity index (χ0v) is 24.6. The predicted molar refractivity (Wildman–Crippen MR) is 159 cm³/mol. The van der Waals surface area contributed by atoms with Crippen molar-refractivity contribution >= 4 is 23.5 Å². The van der Waals surface area contributed by atoms with Gasteiger partial charge < -0.3 is 15.0 Å². The monoisotopic (exact) mass is 592 g/mol. The number of alkyl halides is 3. The van der Waals surface area contributed by atoms with Crippen LogP contribution in [-0.2, 0) is 41.6 Å². The summed E-state index contributed by atoms with van der Waals surface area (Å²) in [5.41, 5.74) is 5.06. The van der Waals surface area contributed by atoms with Crippen molar-refractivity contribution in [3.8, 4) is 0 Å². The van der Waals surface area contributed by atoms with Crippen LogP contribution in [0.1, 0.15) is 49.4 Å². The molecule has 0 bridgehead atoms. The molecule has 0 atom stereocenters. The van der Waals surface area contributed by atoms with E-state index >= 15 is 0 Å². The molecule has 10 heteroatoms. The molecule has 2 aromatic carbocycles. The topological polar surface area (TPSA) is 74.8 Å². The lowest BCUT2D eigenvalue weighted by molar-refractivity contribution is -0.138. The Labute approximate surface area is 249 Å². The number of aromatic nitrogens is 1. The minimum atomic E-state index is -4.55. The molecule has 0 spiro atoms. The highest BCUT2D eigenvalue weighted by molar-refractivity contribution is 5.98. The van der Waals surface area contributed by atoms with Gasteiger partial charge in [-0.05, 0) is 60.0 Å². The van der Waals surface area contributed by atoms with Crippen molar-refractivity contribution in [2.45, 2.75) is 39.0 Å². The van der Waals surface area contributed by atoms with Crippen LogP contribution in [0.4, 0.5) is 18.9 Å². The second-order valence-corrected chi connectivity index (χ2v) is 11.3. The van der Waals surface area contributed by atoms with Crippen molar-refractivity contribution in [1.29, 1.82) is 0 Å². The number of esters is 1. The maximum atomic E-state index is 14.0. The lowest BCUT2D eigenvalue weighted by atomic mass is 9.95. The molecule has 1 aliphatic heterocycles. The molecular weight excluding hydrogens is 557 g/mol. The van der Waals surface area contributed by atoms with Gasteiger partial charge in [0.15, 0.2) is 5.78 Å². The maximum Gasteiger partial charge on any atom is 0.416 e. The number of hydrogen-bond acceptors (Lipinski definition) is 7. The summed E-state index contributed by atoms with van der Waals surface area (Å²) in [5.74, 6) is -0.730. The minimum Gasteiger partial charge on any atom is -0.466 e. The first kappa shape index (κ1) is 30.4. The van der Waals surface area contributed by atoms with Gasteiger partial charge in [-0.3, -0.25) is 14.7 Å². The van der Waals surface area contributed by atoms with Gasteiger partial charge in [-0.25, -0.2) is 4.79 Å². The van der Waals surface area contributed by atoms with Crippen LogP contribution in [0.15, 0.2) is 54.2 Å². The second kappa shape index (κ2) is 12.7. The molecule has 5 rings (SSSR count). The molecule has 2 heterocycles. The van der Waals surface area contributed by atoms with Crippen LogP contribution >= 0.6 is 0 Å². The van der Waals surface area contributed by atoms with Gasteiger partial charge in [-0.15, -0.1) is 0 Å². The van der Waals surface area contributed by atoms with E-state index in [0.717, 1.165) is 52.8 Å². The van der Waals surface area contributed by atoms with E-state index in [0.29, 0.717) is 31.6 Å². The number of nitrogens with one attached hydrogen (secondary N) is 1. The summed E-state index contributed by atoms with van der Waals surface area (Å²) in [4.78, 5) is 33.7. The first-order valence-electron chi connectivity index (χ1n) is 14.2. The Kier molecular flexibility index (Phi) is 8.98. The highest BCUT2D eigenvalue weighted by atomic mass is 19.4. The summed E-state index contributed by atoms with van der Waals surface area (Å²) >= 11 is 0. The number of methoxy groups -OCH3 is 1. The van der Waals surface area contributed by atoms with Crippen molar-refractivity contribution in [1.82, 2.24) is 14.8 Å². The Morgan fingerprint density at radius 3 is 2.51 bits per heavy atom. The van der Waals surface area contributed by atoms with Crippen molar-refractivity contribution in [2.24, 2.45) is 0 Å². The van der Waals surface area contributed by atoms with E-state index in [1.165, 1.54) is 19.2 Å². The van der Waals surface area contributed by atoms with E-state index in [1.54, 1.807) is 12.3 Å². The van der Waals surface area contributed by atoms with Crippen LogP contribution in [0, 0.1) is 6.92 Å². The molecule has 3 aromatic rings. The molecule has 1 aromatic heterocycles. The van der Waals surface area contributed by atoms with Crippen molar-refractivity contribution < 1.29 is 27.5 Å². The first-order chi connectivity index (χ1) is 20.5. The SMILES string of the molecule is COC(=O)C1=Cc2cc(NCc3ccc(C)c(CC(=O)c4ccc(CN5CCN(C)CC5)c(C(F)(F)F)c4)c3)cnc2C1. The zero-order valence-electron chi connectivity index (χ0n) is 24.6. The van der Waals surface area contributed by atoms with Gasteiger partial charge >= 0.3 is 12.1 Å². The van der Waals surface area contributed by atoms with Crippen molar-refractivity contribution in [3.05, 3.63) is 98.9 Å². The third-order valence-corrected chi connectivity index (χ3v) is 8.13. The molecule has 0 radical (unpaired) electrons. The minimum absolute atomic E-state index is 0.00369. The Balaban J connectivity index is 1.27. The molecule has 7 nitrogen and oxygen atoms in total. The third-order valence-electron chi connectivity index (χ3n) is 8.13. The van der Waals surface area contributed by atoms with E-state index in [1.807, 2.05) is 43.1 Å². The smallest absolute Gasteiger partial charge is 0.416 e. The van der Waals surface area contributed by atoms with Crippen LogP contribution in [0.5, 0.6) is 0 Å². The van der Waals surface area contributed by atoms with E-state index in [4.69, 9.17) is 4.74 Å². The van der Waals surface area contributed by atoms with Crippen LogP contribution < -0.4 is 5.32 Å². The maximum absolute atomic E-state index is 14.0. The Bertz CT molecular complexity index is 1560. The predicted octanol–water partition coefficient (Wildman–Crippen LogP) is 5.31. The fourth-order valence-electron chi connectivity index (χ4n) is 5.46. The largest absolute Gasteiger partial charge is 0.466 e. The third kappa shape index (κ3) is 7.32. The van der Waals surface area contributed by atoms with Crippen LogP contribution in [0.3, 0.4) is 0 Å². The first-order valence-corrected chi connectivity index (χ1v) is 14.2. The van der Waals surface area contributed by atoms with Crippen LogP contribution in [-0.4, -0.2) is 66.9 Å². The van der Waals surface area contributed by atoms with Crippen LogP contribution in [0.25, 0.3) is 6.08 Å². The number of rotatable bonds is 9. The van der Waals surface area contributed by atoms with Gasteiger partial charge in [0.25, 0.3) is 0 Å². The van der Waals surface area contributed by atoms with Gasteiger partial charge in [0.05, 0.1) is 30.3 Å². The summed E-state index contributed by atoms with van der Waals surface area (Å²) in [5, 5.41) is 3.32. The molecule has 0 amide bonds. The molecule has 1 fully saturated rings. The molecule has 2 aliphatic rings. The summed E-state index contributed by atoms with van der Waals surface area (Å²) in [6.07, 6.45) is -0.643. The number of benzene rings is 2. The summed E-state index contributed by atoms with van der Waals surface area (Å²) < 4.78 is 46.9. The summed E-state index contributed by atoms with van der Waals surface area (Å²) in [7, 11) is 3.35. The number of anilines is 1. The number of halogens is 3. The van der Waals surface area contributed by atoms with E-state index in [-0.39, 0.29) is 35.8 Å². The number of carbonyl (C=O) groups is 2. The van der Waals surface area contributed by atoms with Crippen molar-refractivity contribution in [3.63, 3.8) is 0 Å². The number of Topliss-reactive ketones (excluding diaryl/α,β-unsaturated/α-hetero) is 1. The molecule has 0 unspecified atom stereocenters. The molecule has 43 heavy (non-hydrogen) atoms. The lowest BCUT2D eigenvalue weighted by Crippen LogP contribution is -2.44. The molecule has 1 aliphatic carbocycles. The fraction of sp³-hybridized carbons (Fsp3) is 0.364. The molecule has 0 saturated carbocycles. The summed E-state index contributed by atoms with van der Waals surface area (Å²) in [6, 6.07) is 11.7. The normalized spacial score (nSPS) is 15.6. The van der Waals surface area contributed by atoms with E-state index in [9.17, 15) is 22.8 Å². The van der Waals surface area contributed by atoms with Crippen molar-refractivity contribution in [2.75, 3.05) is 45.7 Å². The highest BCUT2D eigenvalue weighted by Crippen LogP contribution is 2.34. The lowest BCUT2D eigenvalue weighted by Gasteiger charge is -2.33. The molecular formula is C33H35F3N4O3. The van der Waals surface area contributed by atoms with E-state index < -0.39 is 11.7 Å². The molecule has 226 valence electrons. The molecule has 1 saturated heterocycles. The number of piperazine rings is 1. The second-order valence-electron chi connectivity index (χ2n) is 11.3. The average molecular weight is 593 g/mol. The highest BCUT2D eigenvalue weighted by Gasteiger charge is 2.34. The van der Waals surface area contributed by atoms with Gasteiger partial charge in [-0.2, -0.15) is 13.2 Å². The number of fused-ring (bicyclic) bond motifs is 1. The number of aryl methyl sites for hydroxylation is 1. The van der Waals surface area contributed by atoms with Gasteiger partial charge in [0.2, 0.25) is 0 Å². The number of ether oxygens (including phenoxy) is 1. The number of likely N-dealkylation sites (N-methyl/N-ethyl adjacent to an activating group) is 1. The molecule has 1 N–H and O–H groups in total. The number of pyridine rings is 1. The number of carbonyl (C=O) groups excluding carboxylic acids is 2. The van der Waals surface area contributed by atoms with Gasteiger partial charge in [0.1, 0.15) is 0 Å². The Hall–Kier alpha value is -4.02. The number of ketones is 1. The zero-order chi connectivity index (χ0) is 30.7. The van der Waals surface area contributed by atoms with E-state index in [2.05, 4.69) is 15.2 Å². The standard InChI is InChI=1S/C33H35F3N4O3/c1-21-4-5-22(18-37-28-14-26-13-27(32(42)43-3)16-30(26)38-19-28)12-25(21)17-31(41)23-6-7-24(29(15-23)33(34,35)36)20-40-10-8-39(2)9-11-40/h4-7,12-15,19,37H,8-11,16-18,20H2,1-3H3. The van der Waals surface area contributed by atoms with Crippen LogP contribution in [0.2, 0.25) is 0 Å². The fourth-order valence-corrected chi connectivity index (χ4v) is 5.46. The Morgan fingerprint density at radius 2 is 1.79 bits per heavy atom. The quantitative estimate of drug-likeness (QED) is 0.267. The summed E-state index contributed by atoms with van der Waals surface area (Å²) in [6.45, 7) is 5.57. The van der Waals surface area contributed by atoms with Gasteiger partial charge in [0, 0.05) is 63.2 Å². The Morgan fingerprint density at radius 1 is 1.02 bits per heavy atom. The average Bonchev–Trinajstić information content (AvgIpc) is 3.41.